The quantitative estimate of drug-likeness (QED) is 0.562. The first-order valence-electron chi connectivity index (χ1n) is 10.4. The number of benzene rings is 2. The number of aromatic nitrogens is 1. The van der Waals surface area contributed by atoms with E-state index in [4.69, 9.17) is 14.5 Å². The van der Waals surface area contributed by atoms with Gasteiger partial charge in [-0.2, -0.15) is 0 Å². The molecule has 0 unspecified atom stereocenters. The maximum Gasteiger partial charge on any atom is 0.145 e. The normalized spacial score (nSPS) is 13.8. The zero-order valence-electron chi connectivity index (χ0n) is 17.6. The van der Waals surface area contributed by atoms with Crippen LogP contribution in [0.2, 0.25) is 0 Å². The highest BCUT2D eigenvalue weighted by molar-refractivity contribution is 5.92. The molecule has 0 spiro atoms. The Bertz CT molecular complexity index is 1020. The van der Waals surface area contributed by atoms with Gasteiger partial charge in [0.1, 0.15) is 28.7 Å². The van der Waals surface area contributed by atoms with Gasteiger partial charge in [0.2, 0.25) is 0 Å². The molecule has 0 saturated carbocycles. The van der Waals surface area contributed by atoms with E-state index < -0.39 is 0 Å². The summed E-state index contributed by atoms with van der Waals surface area (Å²) in [7, 11) is 3.33. The summed E-state index contributed by atoms with van der Waals surface area (Å²) in [6.45, 7) is 3.36. The Kier molecular flexibility index (Phi) is 6.33. The Balaban J connectivity index is 1.61. The van der Waals surface area contributed by atoms with Crippen molar-refractivity contribution in [2.45, 2.75) is 25.8 Å². The Morgan fingerprint density at radius 1 is 1.00 bits per heavy atom. The Hall–Kier alpha value is -2.86. The molecule has 2 heterocycles. The van der Waals surface area contributed by atoms with Crippen LogP contribution in [0.1, 0.15) is 24.0 Å². The van der Waals surface area contributed by atoms with Gasteiger partial charge in [-0.25, -0.2) is 9.37 Å². The topological polar surface area (TPSA) is 46.6 Å². The molecule has 5 nitrogen and oxygen atoms in total. The Morgan fingerprint density at radius 2 is 1.73 bits per heavy atom. The molecule has 0 amide bonds. The van der Waals surface area contributed by atoms with Crippen molar-refractivity contribution in [3.63, 3.8) is 0 Å². The van der Waals surface area contributed by atoms with Crippen LogP contribution in [0.4, 0.5) is 10.2 Å². The fourth-order valence-electron chi connectivity index (χ4n) is 4.06. The van der Waals surface area contributed by atoms with E-state index in [2.05, 4.69) is 16.3 Å². The smallest absolute Gasteiger partial charge is 0.145 e. The van der Waals surface area contributed by atoms with Gasteiger partial charge in [0, 0.05) is 30.6 Å². The lowest BCUT2D eigenvalue weighted by Gasteiger charge is -2.22. The predicted octanol–water partition coefficient (Wildman–Crippen LogP) is 4.32. The van der Waals surface area contributed by atoms with Gasteiger partial charge in [0.25, 0.3) is 0 Å². The van der Waals surface area contributed by atoms with Crippen LogP contribution < -0.4 is 19.7 Å². The molecule has 3 aromatic rings. The van der Waals surface area contributed by atoms with E-state index >= 15 is 0 Å². The highest BCUT2D eigenvalue weighted by atomic mass is 19.1. The van der Waals surface area contributed by atoms with Gasteiger partial charge in [0.05, 0.1) is 14.2 Å². The van der Waals surface area contributed by atoms with Crippen LogP contribution >= 0.6 is 0 Å². The summed E-state index contributed by atoms with van der Waals surface area (Å²) in [4.78, 5) is 7.35. The van der Waals surface area contributed by atoms with Crippen molar-refractivity contribution in [3.8, 4) is 11.5 Å². The lowest BCUT2D eigenvalue weighted by Crippen LogP contribution is -2.24. The van der Waals surface area contributed by atoms with Crippen LogP contribution in [0.5, 0.6) is 11.5 Å². The molecule has 0 aliphatic carbocycles. The zero-order chi connectivity index (χ0) is 20.9. The van der Waals surface area contributed by atoms with Crippen LogP contribution in [-0.2, 0) is 13.0 Å². The Morgan fingerprint density at radius 3 is 2.47 bits per heavy atom. The van der Waals surface area contributed by atoms with Crippen LogP contribution in [0.3, 0.4) is 0 Å². The number of hydrogen-bond acceptors (Lipinski definition) is 5. The number of hydrogen-bond donors (Lipinski definition) is 1. The number of methoxy groups -OCH3 is 2. The molecule has 4 rings (SSSR count). The van der Waals surface area contributed by atoms with Crippen LogP contribution in [0.25, 0.3) is 10.9 Å². The summed E-state index contributed by atoms with van der Waals surface area (Å²) >= 11 is 0. The summed E-state index contributed by atoms with van der Waals surface area (Å²) in [5, 5.41) is 4.40. The van der Waals surface area contributed by atoms with Gasteiger partial charge in [-0.05, 0) is 55.6 Å². The summed E-state index contributed by atoms with van der Waals surface area (Å²) in [5.74, 6) is 2.36. The summed E-state index contributed by atoms with van der Waals surface area (Å²) in [6.07, 6.45) is 2.99. The van der Waals surface area contributed by atoms with Crippen molar-refractivity contribution in [1.82, 2.24) is 10.3 Å². The fourth-order valence-corrected chi connectivity index (χ4v) is 4.06. The molecule has 1 N–H and O–H groups in total. The van der Waals surface area contributed by atoms with E-state index in [0.717, 1.165) is 52.4 Å². The van der Waals surface area contributed by atoms with Crippen LogP contribution in [0, 0.1) is 5.82 Å². The zero-order valence-corrected chi connectivity index (χ0v) is 17.6. The molecule has 1 fully saturated rings. The number of fused-ring (bicyclic) bond motifs is 1. The second kappa shape index (κ2) is 9.30. The van der Waals surface area contributed by atoms with E-state index in [-0.39, 0.29) is 5.82 Å². The SMILES string of the molecule is COc1ccc(OC)c2nc(N3CCCC3)c(CNCCc3ccccc3F)cc12. The largest absolute Gasteiger partial charge is 0.496 e. The molecule has 30 heavy (non-hydrogen) atoms. The van der Waals surface area contributed by atoms with Gasteiger partial charge < -0.3 is 19.7 Å². The molecule has 1 aromatic heterocycles. The third-order valence-electron chi connectivity index (χ3n) is 5.65. The molecule has 0 atom stereocenters. The minimum absolute atomic E-state index is 0.152. The van der Waals surface area contributed by atoms with E-state index in [1.165, 1.54) is 18.9 Å². The molecule has 2 aromatic carbocycles. The number of halogens is 1. The number of nitrogens with zero attached hydrogens (tertiary/aromatic N) is 2. The van der Waals surface area contributed by atoms with E-state index in [0.29, 0.717) is 19.5 Å². The molecule has 1 saturated heterocycles. The molecular weight excluding hydrogens is 381 g/mol. The van der Waals surface area contributed by atoms with Gasteiger partial charge in [-0.1, -0.05) is 18.2 Å². The Labute approximate surface area is 176 Å². The minimum Gasteiger partial charge on any atom is -0.496 e. The van der Waals surface area contributed by atoms with E-state index in [1.54, 1.807) is 20.3 Å². The van der Waals surface area contributed by atoms with Crippen molar-refractivity contribution in [1.29, 1.82) is 0 Å². The van der Waals surface area contributed by atoms with E-state index in [9.17, 15) is 4.39 Å². The third-order valence-corrected chi connectivity index (χ3v) is 5.65. The number of rotatable bonds is 8. The third kappa shape index (κ3) is 4.19. The van der Waals surface area contributed by atoms with Gasteiger partial charge in [0.15, 0.2) is 0 Å². The van der Waals surface area contributed by atoms with Crippen molar-refractivity contribution in [2.75, 3.05) is 38.8 Å². The highest BCUT2D eigenvalue weighted by Crippen LogP contribution is 2.36. The summed E-state index contributed by atoms with van der Waals surface area (Å²) in [6, 6.07) is 12.9. The number of anilines is 1. The lowest BCUT2D eigenvalue weighted by molar-refractivity contribution is 0.409. The molecule has 1 aliphatic rings. The van der Waals surface area contributed by atoms with Crippen molar-refractivity contribution < 1.29 is 13.9 Å². The second-order valence-electron chi connectivity index (χ2n) is 7.55. The second-order valence-corrected chi connectivity index (χ2v) is 7.55. The maximum absolute atomic E-state index is 13.9. The standard InChI is InChI=1S/C24H28FN3O2/c1-29-21-9-10-22(30-2)23-19(21)15-18(24(27-23)28-13-5-6-14-28)16-26-12-11-17-7-3-4-8-20(17)25/h3-4,7-10,15,26H,5-6,11-14,16H2,1-2H3. The van der Waals surface area contributed by atoms with Crippen LogP contribution in [0.15, 0.2) is 42.5 Å². The first-order chi connectivity index (χ1) is 14.7. The van der Waals surface area contributed by atoms with Crippen LogP contribution in [-0.4, -0.2) is 38.8 Å². The van der Waals surface area contributed by atoms with Gasteiger partial charge >= 0.3 is 0 Å². The number of nitrogens with one attached hydrogen (secondary N) is 1. The molecular formula is C24H28FN3O2. The maximum atomic E-state index is 13.9. The molecule has 158 valence electrons. The predicted molar refractivity (Wildman–Crippen MR) is 118 cm³/mol. The number of pyridine rings is 1. The fraction of sp³-hybridized carbons (Fsp3) is 0.375. The van der Waals surface area contributed by atoms with Crippen molar-refractivity contribution in [2.24, 2.45) is 0 Å². The monoisotopic (exact) mass is 409 g/mol. The first-order valence-corrected chi connectivity index (χ1v) is 10.4. The summed E-state index contributed by atoms with van der Waals surface area (Å²) < 4.78 is 25.0. The van der Waals surface area contributed by atoms with Gasteiger partial charge in [-0.3, -0.25) is 0 Å². The average Bonchev–Trinajstić information content (AvgIpc) is 3.31. The highest BCUT2D eigenvalue weighted by Gasteiger charge is 2.20. The molecule has 1 aliphatic heterocycles. The van der Waals surface area contributed by atoms with Crippen molar-refractivity contribution >= 4 is 16.7 Å². The lowest BCUT2D eigenvalue weighted by atomic mass is 10.1. The first kappa shape index (κ1) is 20.4. The van der Waals surface area contributed by atoms with Gasteiger partial charge in [-0.15, -0.1) is 0 Å². The average molecular weight is 410 g/mol. The van der Waals surface area contributed by atoms with E-state index in [1.807, 2.05) is 24.3 Å². The molecule has 0 bridgehead atoms. The minimum atomic E-state index is -0.152. The molecule has 6 heteroatoms. The van der Waals surface area contributed by atoms with Crippen molar-refractivity contribution in [3.05, 3.63) is 59.4 Å². The molecule has 0 radical (unpaired) electrons. The summed E-state index contributed by atoms with van der Waals surface area (Å²) in [5.41, 5.74) is 2.66. The number of ether oxygens (including phenoxy) is 2.